The number of furan rings is 1. The summed E-state index contributed by atoms with van der Waals surface area (Å²) in [5.41, 5.74) is 1.52. The van der Waals surface area contributed by atoms with E-state index < -0.39 is 0 Å². The van der Waals surface area contributed by atoms with Gasteiger partial charge in [-0.15, -0.1) is 11.3 Å². The minimum atomic E-state index is -0.167. The molecule has 5 nitrogen and oxygen atoms in total. The Kier molecular flexibility index (Phi) is 4.25. The first-order valence-corrected chi connectivity index (χ1v) is 8.12. The Morgan fingerprint density at radius 1 is 1.26 bits per heavy atom. The fourth-order valence-corrected chi connectivity index (χ4v) is 3.16. The first-order chi connectivity index (χ1) is 11.0. The highest BCUT2D eigenvalue weighted by Crippen LogP contribution is 2.29. The Labute approximate surface area is 138 Å². The zero-order chi connectivity index (χ0) is 16.4. The van der Waals surface area contributed by atoms with Crippen LogP contribution in [0.5, 0.6) is 0 Å². The highest BCUT2D eigenvalue weighted by Gasteiger charge is 2.19. The van der Waals surface area contributed by atoms with Crippen LogP contribution in [0.4, 0.5) is 0 Å². The van der Waals surface area contributed by atoms with E-state index in [1.807, 2.05) is 51.1 Å². The predicted molar refractivity (Wildman–Crippen MR) is 89.4 cm³/mol. The zero-order valence-electron chi connectivity index (χ0n) is 13.2. The van der Waals surface area contributed by atoms with Gasteiger partial charge in [-0.05, 0) is 45.0 Å². The van der Waals surface area contributed by atoms with E-state index in [2.05, 4.69) is 15.3 Å². The Bertz CT molecular complexity index is 823. The van der Waals surface area contributed by atoms with Gasteiger partial charge in [-0.25, -0.2) is 4.98 Å². The number of rotatable bonds is 4. The molecule has 3 aromatic heterocycles. The molecular weight excluding hydrogens is 310 g/mol. The largest absolute Gasteiger partial charge is 0.459 e. The monoisotopic (exact) mass is 327 g/mol. The molecular formula is C17H17N3O2S. The third-order valence-electron chi connectivity index (χ3n) is 3.43. The Morgan fingerprint density at radius 3 is 2.74 bits per heavy atom. The van der Waals surface area contributed by atoms with Crippen molar-refractivity contribution < 1.29 is 9.21 Å². The smallest absolute Gasteiger partial charge is 0.263 e. The molecule has 1 unspecified atom stereocenters. The van der Waals surface area contributed by atoms with Crippen LogP contribution in [-0.2, 0) is 0 Å². The molecule has 1 N–H and O–H groups in total. The summed E-state index contributed by atoms with van der Waals surface area (Å²) in [6.45, 7) is 5.62. The van der Waals surface area contributed by atoms with Gasteiger partial charge in [0, 0.05) is 6.20 Å². The topological polar surface area (TPSA) is 68.0 Å². The number of amides is 1. The van der Waals surface area contributed by atoms with E-state index in [1.165, 1.54) is 11.3 Å². The highest BCUT2D eigenvalue weighted by atomic mass is 32.1. The average Bonchev–Trinajstić information content (AvgIpc) is 3.14. The van der Waals surface area contributed by atoms with Crippen LogP contribution in [-0.4, -0.2) is 15.9 Å². The summed E-state index contributed by atoms with van der Waals surface area (Å²) < 4.78 is 5.57. The van der Waals surface area contributed by atoms with Crippen molar-refractivity contribution in [2.45, 2.75) is 26.8 Å². The van der Waals surface area contributed by atoms with Crippen molar-refractivity contribution in [3.8, 4) is 10.8 Å². The average molecular weight is 327 g/mol. The maximum Gasteiger partial charge on any atom is 0.263 e. The molecule has 0 aliphatic rings. The second kappa shape index (κ2) is 6.34. The number of carbonyl (C=O) groups excluding carboxylic acids is 1. The van der Waals surface area contributed by atoms with E-state index in [1.54, 1.807) is 6.20 Å². The lowest BCUT2D eigenvalue weighted by atomic mass is 10.2. The molecule has 0 aromatic carbocycles. The molecule has 6 heteroatoms. The van der Waals surface area contributed by atoms with Crippen LogP contribution in [0.1, 0.15) is 39.8 Å². The first-order valence-electron chi connectivity index (χ1n) is 7.30. The molecule has 1 atom stereocenters. The normalized spacial score (nSPS) is 12.1. The predicted octanol–water partition coefficient (Wildman–Crippen LogP) is 3.91. The van der Waals surface area contributed by atoms with Crippen molar-refractivity contribution in [2.24, 2.45) is 0 Å². The van der Waals surface area contributed by atoms with Gasteiger partial charge in [0.25, 0.3) is 5.91 Å². The van der Waals surface area contributed by atoms with Crippen LogP contribution >= 0.6 is 11.3 Å². The van der Waals surface area contributed by atoms with Crippen LogP contribution in [0.15, 0.2) is 40.9 Å². The highest BCUT2D eigenvalue weighted by molar-refractivity contribution is 7.17. The summed E-state index contributed by atoms with van der Waals surface area (Å²) in [5.74, 6) is 1.36. The van der Waals surface area contributed by atoms with Gasteiger partial charge in [0.15, 0.2) is 10.8 Å². The fourth-order valence-electron chi connectivity index (χ4n) is 2.23. The summed E-state index contributed by atoms with van der Waals surface area (Å²) in [4.78, 5) is 21.8. The third kappa shape index (κ3) is 3.32. The van der Waals surface area contributed by atoms with E-state index >= 15 is 0 Å². The van der Waals surface area contributed by atoms with Gasteiger partial charge < -0.3 is 9.73 Å². The summed E-state index contributed by atoms with van der Waals surface area (Å²) in [6.07, 6.45) is 1.72. The van der Waals surface area contributed by atoms with Crippen molar-refractivity contribution in [3.63, 3.8) is 0 Å². The Balaban J connectivity index is 1.79. The number of nitrogens with zero attached hydrogens (tertiary/aromatic N) is 2. The molecule has 3 heterocycles. The molecule has 1 amide bonds. The zero-order valence-corrected chi connectivity index (χ0v) is 14.0. The molecule has 0 fully saturated rings. The van der Waals surface area contributed by atoms with Gasteiger partial charge in [-0.3, -0.25) is 9.78 Å². The van der Waals surface area contributed by atoms with Gasteiger partial charge in [-0.2, -0.15) is 0 Å². The summed E-state index contributed by atoms with van der Waals surface area (Å²) in [5, 5.41) is 3.68. The number of aromatic nitrogens is 2. The van der Waals surface area contributed by atoms with E-state index in [-0.39, 0.29) is 11.9 Å². The molecule has 3 rings (SSSR count). The quantitative estimate of drug-likeness (QED) is 0.789. The molecule has 0 bridgehead atoms. The van der Waals surface area contributed by atoms with E-state index in [9.17, 15) is 4.79 Å². The van der Waals surface area contributed by atoms with Crippen LogP contribution in [0, 0.1) is 13.8 Å². The molecule has 23 heavy (non-hydrogen) atoms. The number of carbonyl (C=O) groups is 1. The number of hydrogen-bond donors (Lipinski definition) is 1. The lowest BCUT2D eigenvalue weighted by Crippen LogP contribution is -2.27. The van der Waals surface area contributed by atoms with Gasteiger partial charge in [0.05, 0.1) is 17.4 Å². The van der Waals surface area contributed by atoms with Crippen molar-refractivity contribution in [1.29, 1.82) is 0 Å². The number of hydrogen-bond acceptors (Lipinski definition) is 5. The van der Waals surface area contributed by atoms with Gasteiger partial charge in [0.2, 0.25) is 0 Å². The molecule has 0 aliphatic heterocycles. The van der Waals surface area contributed by atoms with Crippen LogP contribution in [0.25, 0.3) is 10.8 Å². The van der Waals surface area contributed by atoms with Gasteiger partial charge in [0.1, 0.15) is 10.6 Å². The molecule has 0 saturated heterocycles. The summed E-state index contributed by atoms with van der Waals surface area (Å²) in [6, 6.07) is 9.23. The third-order valence-corrected chi connectivity index (χ3v) is 4.60. The summed E-state index contributed by atoms with van der Waals surface area (Å²) >= 11 is 1.33. The van der Waals surface area contributed by atoms with Crippen LogP contribution < -0.4 is 5.32 Å². The van der Waals surface area contributed by atoms with E-state index in [0.29, 0.717) is 21.3 Å². The number of nitrogens with one attached hydrogen (secondary N) is 1. The molecule has 0 spiro atoms. The maximum atomic E-state index is 12.5. The fraction of sp³-hybridized carbons (Fsp3) is 0.235. The second-order valence-corrected chi connectivity index (χ2v) is 6.29. The molecule has 0 aliphatic carbocycles. The molecule has 3 aromatic rings. The number of pyridine rings is 1. The number of aryl methyl sites for hydroxylation is 2. The molecule has 0 radical (unpaired) electrons. The van der Waals surface area contributed by atoms with Crippen molar-refractivity contribution in [1.82, 2.24) is 15.3 Å². The summed E-state index contributed by atoms with van der Waals surface area (Å²) in [7, 11) is 0. The van der Waals surface area contributed by atoms with E-state index in [4.69, 9.17) is 4.42 Å². The van der Waals surface area contributed by atoms with E-state index in [0.717, 1.165) is 11.5 Å². The SMILES string of the molecule is Cc1ccc(-c2nc(C)c(C(=O)NC(C)c3ccccn3)s2)o1. The second-order valence-electron chi connectivity index (χ2n) is 5.29. The Morgan fingerprint density at radius 2 is 2.09 bits per heavy atom. The number of thiazole rings is 1. The van der Waals surface area contributed by atoms with Gasteiger partial charge >= 0.3 is 0 Å². The van der Waals surface area contributed by atoms with Crippen LogP contribution in [0.3, 0.4) is 0 Å². The van der Waals surface area contributed by atoms with Gasteiger partial charge in [-0.1, -0.05) is 6.07 Å². The molecule has 118 valence electrons. The van der Waals surface area contributed by atoms with Crippen molar-refractivity contribution >= 4 is 17.2 Å². The standard InChI is InChI=1S/C17H17N3O2S/c1-10-7-8-14(22-10)17-20-12(3)15(23-17)16(21)19-11(2)13-6-4-5-9-18-13/h4-9,11H,1-3H3,(H,19,21). The lowest BCUT2D eigenvalue weighted by Gasteiger charge is -2.12. The molecule has 0 saturated carbocycles. The Hall–Kier alpha value is -2.47. The van der Waals surface area contributed by atoms with Crippen molar-refractivity contribution in [3.05, 3.63) is 58.6 Å². The first kappa shape index (κ1) is 15.4. The maximum absolute atomic E-state index is 12.5. The van der Waals surface area contributed by atoms with Crippen LogP contribution in [0.2, 0.25) is 0 Å². The minimum Gasteiger partial charge on any atom is -0.459 e. The lowest BCUT2D eigenvalue weighted by molar-refractivity contribution is 0.0942. The minimum absolute atomic E-state index is 0.146. The van der Waals surface area contributed by atoms with Crippen molar-refractivity contribution in [2.75, 3.05) is 0 Å².